The van der Waals surface area contributed by atoms with Crippen LogP contribution in [0.4, 0.5) is 0 Å². The number of rotatable bonds is 2. The number of hydrogen-bond acceptors (Lipinski definition) is 5. The fourth-order valence-corrected chi connectivity index (χ4v) is 2.62. The van der Waals surface area contributed by atoms with Crippen LogP contribution in [0, 0.1) is 0 Å². The van der Waals surface area contributed by atoms with Gasteiger partial charge in [0.1, 0.15) is 5.60 Å². The second kappa shape index (κ2) is 4.85. The fraction of sp³-hybridized carbons (Fsp3) is 0.692. The molecule has 0 amide bonds. The van der Waals surface area contributed by atoms with Crippen LogP contribution < -0.4 is 4.74 Å². The molecule has 0 radical (unpaired) electrons. The SMILES string of the molecule is CCOC(=O)c1cc2n(n1)CCC1(CCOCC1)O2. The second-order valence-corrected chi connectivity index (χ2v) is 4.96. The Kier molecular flexibility index (Phi) is 3.18. The minimum Gasteiger partial charge on any atom is -0.471 e. The summed E-state index contributed by atoms with van der Waals surface area (Å²) in [4.78, 5) is 11.7. The molecule has 1 saturated heterocycles. The molecule has 1 fully saturated rings. The number of ether oxygens (including phenoxy) is 3. The van der Waals surface area contributed by atoms with Gasteiger partial charge in [-0.1, -0.05) is 0 Å². The van der Waals surface area contributed by atoms with E-state index in [1.54, 1.807) is 17.7 Å². The fourth-order valence-electron chi connectivity index (χ4n) is 2.62. The second-order valence-electron chi connectivity index (χ2n) is 4.96. The van der Waals surface area contributed by atoms with Crippen molar-refractivity contribution in [3.05, 3.63) is 11.8 Å². The first-order chi connectivity index (χ1) is 9.22. The lowest BCUT2D eigenvalue weighted by Gasteiger charge is -2.40. The molecule has 6 nitrogen and oxygen atoms in total. The predicted molar refractivity (Wildman–Crippen MR) is 66.2 cm³/mol. The molecule has 6 heteroatoms. The number of aromatic nitrogens is 2. The Labute approximate surface area is 111 Å². The topological polar surface area (TPSA) is 62.6 Å². The number of nitrogens with zero attached hydrogens (tertiary/aromatic N) is 2. The third-order valence-corrected chi connectivity index (χ3v) is 3.73. The minimum atomic E-state index is -0.394. The molecule has 2 aliphatic rings. The van der Waals surface area contributed by atoms with Gasteiger partial charge in [-0.05, 0) is 6.92 Å². The van der Waals surface area contributed by atoms with E-state index in [0.717, 1.165) is 39.0 Å². The van der Waals surface area contributed by atoms with Gasteiger partial charge in [0.2, 0.25) is 5.88 Å². The first-order valence-corrected chi connectivity index (χ1v) is 6.74. The van der Waals surface area contributed by atoms with Crippen LogP contribution in [0.2, 0.25) is 0 Å². The smallest absolute Gasteiger partial charge is 0.358 e. The van der Waals surface area contributed by atoms with Gasteiger partial charge in [0.25, 0.3) is 0 Å². The molecule has 1 aromatic heterocycles. The number of hydrogen-bond donors (Lipinski definition) is 0. The van der Waals surface area contributed by atoms with Crippen molar-refractivity contribution in [2.24, 2.45) is 0 Å². The van der Waals surface area contributed by atoms with Gasteiger partial charge in [-0.15, -0.1) is 0 Å². The van der Waals surface area contributed by atoms with E-state index < -0.39 is 5.97 Å². The third-order valence-electron chi connectivity index (χ3n) is 3.73. The molecule has 0 N–H and O–H groups in total. The molecule has 1 aromatic rings. The Bertz CT molecular complexity index is 477. The molecular formula is C13H18N2O4. The van der Waals surface area contributed by atoms with E-state index in [1.165, 1.54) is 0 Å². The highest BCUT2D eigenvalue weighted by atomic mass is 16.5. The summed E-state index contributed by atoms with van der Waals surface area (Å²) >= 11 is 0. The standard InChI is InChI=1S/C13H18N2O4/c1-2-18-12(16)10-9-11-15(14-10)6-3-13(19-11)4-7-17-8-5-13/h9H,2-8H2,1H3. The van der Waals surface area contributed by atoms with Gasteiger partial charge < -0.3 is 14.2 Å². The normalized spacial score (nSPS) is 20.7. The number of carbonyl (C=O) groups excluding carboxylic acids is 1. The highest BCUT2D eigenvalue weighted by Gasteiger charge is 2.39. The van der Waals surface area contributed by atoms with Crippen molar-refractivity contribution in [2.75, 3.05) is 19.8 Å². The van der Waals surface area contributed by atoms with Crippen LogP contribution in [0.15, 0.2) is 6.07 Å². The summed E-state index contributed by atoms with van der Waals surface area (Å²) in [5, 5.41) is 4.23. The molecule has 0 bridgehead atoms. The van der Waals surface area contributed by atoms with E-state index in [0.29, 0.717) is 18.2 Å². The molecule has 0 saturated carbocycles. The molecule has 104 valence electrons. The third kappa shape index (κ3) is 2.32. The highest BCUT2D eigenvalue weighted by Crippen LogP contribution is 2.35. The van der Waals surface area contributed by atoms with Gasteiger partial charge in [0, 0.05) is 31.9 Å². The lowest BCUT2D eigenvalue weighted by molar-refractivity contribution is -0.0698. The zero-order valence-corrected chi connectivity index (χ0v) is 11.1. The Hall–Kier alpha value is -1.56. The van der Waals surface area contributed by atoms with E-state index in [9.17, 15) is 4.79 Å². The lowest BCUT2D eigenvalue weighted by Crippen LogP contribution is -2.45. The molecule has 1 spiro atoms. The van der Waals surface area contributed by atoms with Crippen LogP contribution in [0.25, 0.3) is 0 Å². The zero-order chi connectivity index (χ0) is 13.3. The van der Waals surface area contributed by atoms with Crippen molar-refractivity contribution in [3.63, 3.8) is 0 Å². The highest BCUT2D eigenvalue weighted by molar-refractivity contribution is 5.87. The molecule has 19 heavy (non-hydrogen) atoms. The van der Waals surface area contributed by atoms with Crippen molar-refractivity contribution in [1.29, 1.82) is 0 Å². The minimum absolute atomic E-state index is 0.139. The van der Waals surface area contributed by atoms with Gasteiger partial charge in [-0.2, -0.15) is 5.10 Å². The van der Waals surface area contributed by atoms with E-state index >= 15 is 0 Å². The molecule has 3 rings (SSSR count). The van der Waals surface area contributed by atoms with Crippen molar-refractivity contribution >= 4 is 5.97 Å². The Balaban J connectivity index is 1.79. The van der Waals surface area contributed by atoms with Gasteiger partial charge in [-0.25, -0.2) is 9.48 Å². The first kappa shape index (κ1) is 12.5. The largest absolute Gasteiger partial charge is 0.471 e. The van der Waals surface area contributed by atoms with E-state index in [4.69, 9.17) is 14.2 Å². The predicted octanol–water partition coefficient (Wildman–Crippen LogP) is 1.39. The molecule has 0 atom stereocenters. The summed E-state index contributed by atoms with van der Waals surface area (Å²) in [5.74, 6) is 0.269. The maximum Gasteiger partial charge on any atom is 0.358 e. The van der Waals surface area contributed by atoms with Crippen LogP contribution in [-0.4, -0.2) is 41.2 Å². The maximum atomic E-state index is 11.7. The van der Waals surface area contributed by atoms with Crippen LogP contribution in [0.1, 0.15) is 36.7 Å². The molecule has 2 aliphatic heterocycles. The number of fused-ring (bicyclic) bond motifs is 1. The Morgan fingerprint density at radius 3 is 3.00 bits per heavy atom. The summed E-state index contributed by atoms with van der Waals surface area (Å²) in [6, 6.07) is 1.67. The van der Waals surface area contributed by atoms with Crippen molar-refractivity contribution in [2.45, 2.75) is 38.3 Å². The van der Waals surface area contributed by atoms with E-state index in [-0.39, 0.29) is 5.60 Å². The van der Waals surface area contributed by atoms with Crippen LogP contribution >= 0.6 is 0 Å². The van der Waals surface area contributed by atoms with E-state index in [1.807, 2.05) is 0 Å². The number of aryl methyl sites for hydroxylation is 1. The lowest BCUT2D eigenvalue weighted by atomic mass is 9.89. The van der Waals surface area contributed by atoms with Crippen LogP contribution in [0.5, 0.6) is 5.88 Å². The van der Waals surface area contributed by atoms with Gasteiger partial charge in [0.15, 0.2) is 5.69 Å². The molecule has 3 heterocycles. The maximum absolute atomic E-state index is 11.7. The summed E-state index contributed by atoms with van der Waals surface area (Å²) in [7, 11) is 0. The zero-order valence-electron chi connectivity index (χ0n) is 11.1. The van der Waals surface area contributed by atoms with Crippen molar-refractivity contribution < 1.29 is 19.0 Å². The van der Waals surface area contributed by atoms with Crippen molar-refractivity contribution in [1.82, 2.24) is 9.78 Å². The first-order valence-electron chi connectivity index (χ1n) is 6.74. The van der Waals surface area contributed by atoms with Crippen LogP contribution in [0.3, 0.4) is 0 Å². The van der Waals surface area contributed by atoms with Crippen LogP contribution in [-0.2, 0) is 16.0 Å². The quantitative estimate of drug-likeness (QED) is 0.757. The monoisotopic (exact) mass is 266 g/mol. The number of esters is 1. The van der Waals surface area contributed by atoms with Crippen molar-refractivity contribution in [3.8, 4) is 5.88 Å². The average Bonchev–Trinajstić information content (AvgIpc) is 2.83. The Morgan fingerprint density at radius 1 is 1.47 bits per heavy atom. The summed E-state index contributed by atoms with van der Waals surface area (Å²) in [5.41, 5.74) is 0.182. The molecule has 0 unspecified atom stereocenters. The molecular weight excluding hydrogens is 248 g/mol. The number of carbonyl (C=O) groups is 1. The van der Waals surface area contributed by atoms with Gasteiger partial charge in [-0.3, -0.25) is 0 Å². The van der Waals surface area contributed by atoms with Gasteiger partial charge >= 0.3 is 5.97 Å². The summed E-state index contributed by atoms with van der Waals surface area (Å²) < 4.78 is 18.2. The van der Waals surface area contributed by atoms with E-state index in [2.05, 4.69) is 5.10 Å². The van der Waals surface area contributed by atoms with Gasteiger partial charge in [0.05, 0.1) is 19.8 Å². The molecule has 0 aliphatic carbocycles. The summed E-state index contributed by atoms with van der Waals surface area (Å²) in [6.45, 7) is 4.37. The summed E-state index contributed by atoms with van der Waals surface area (Å²) in [6.07, 6.45) is 2.70. The molecule has 0 aromatic carbocycles. The average molecular weight is 266 g/mol. The Morgan fingerprint density at radius 2 is 2.26 bits per heavy atom.